The first-order valence-corrected chi connectivity index (χ1v) is 7.10. The predicted octanol–water partition coefficient (Wildman–Crippen LogP) is 2.62. The average Bonchev–Trinajstić information content (AvgIpc) is 2.91. The number of nitrogens with one attached hydrogen (secondary N) is 1. The zero-order valence-electron chi connectivity index (χ0n) is 11.5. The highest BCUT2D eigenvalue weighted by atomic mass is 16.4. The molecule has 1 fully saturated rings. The van der Waals surface area contributed by atoms with E-state index < -0.39 is 5.97 Å². The van der Waals surface area contributed by atoms with Gasteiger partial charge in [0.2, 0.25) is 5.91 Å². The number of nitrogens with zero attached hydrogens (tertiary/aromatic N) is 1. The summed E-state index contributed by atoms with van der Waals surface area (Å²) in [4.78, 5) is 26.3. The van der Waals surface area contributed by atoms with Crippen LogP contribution in [0.5, 0.6) is 0 Å². The molecule has 5 heteroatoms. The van der Waals surface area contributed by atoms with E-state index in [-0.39, 0.29) is 12.3 Å². The summed E-state index contributed by atoms with van der Waals surface area (Å²) in [6.45, 7) is 0. The van der Waals surface area contributed by atoms with Crippen molar-refractivity contribution < 1.29 is 14.7 Å². The van der Waals surface area contributed by atoms with E-state index in [1.165, 1.54) is 31.9 Å². The molecule has 0 aromatic carbocycles. The Labute approximate surface area is 118 Å². The standard InChI is InChI=1S/C15H20N2O3/c18-14(8-5-11-3-1-2-4-11)17-13-7-6-12(16-10-13)9-15(19)20/h6-7,10-11H,1-5,8-9H2,(H,17,18)(H,19,20). The molecule has 1 heterocycles. The van der Waals surface area contributed by atoms with Crippen molar-refractivity contribution in [3.63, 3.8) is 0 Å². The van der Waals surface area contributed by atoms with Gasteiger partial charge >= 0.3 is 5.97 Å². The molecule has 108 valence electrons. The maximum absolute atomic E-state index is 11.8. The number of anilines is 1. The highest BCUT2D eigenvalue weighted by molar-refractivity contribution is 5.90. The van der Waals surface area contributed by atoms with Gasteiger partial charge in [-0.3, -0.25) is 14.6 Å². The summed E-state index contributed by atoms with van der Waals surface area (Å²) in [5.41, 5.74) is 1.11. The molecule has 0 radical (unpaired) electrons. The molecule has 1 aliphatic rings. The van der Waals surface area contributed by atoms with E-state index in [1.54, 1.807) is 12.1 Å². The second-order valence-electron chi connectivity index (χ2n) is 5.35. The van der Waals surface area contributed by atoms with Crippen LogP contribution in [0.3, 0.4) is 0 Å². The second-order valence-corrected chi connectivity index (χ2v) is 5.35. The second kappa shape index (κ2) is 7.03. The van der Waals surface area contributed by atoms with Crippen LogP contribution >= 0.6 is 0 Å². The van der Waals surface area contributed by atoms with Crippen LogP contribution < -0.4 is 5.32 Å². The van der Waals surface area contributed by atoms with E-state index in [9.17, 15) is 9.59 Å². The largest absolute Gasteiger partial charge is 0.481 e. The summed E-state index contributed by atoms with van der Waals surface area (Å²) in [5.74, 6) is -0.202. The Morgan fingerprint density at radius 3 is 2.65 bits per heavy atom. The van der Waals surface area contributed by atoms with Crippen molar-refractivity contribution >= 4 is 17.6 Å². The van der Waals surface area contributed by atoms with Crippen LogP contribution in [0.4, 0.5) is 5.69 Å². The minimum Gasteiger partial charge on any atom is -0.481 e. The van der Waals surface area contributed by atoms with Crippen LogP contribution in [0, 0.1) is 5.92 Å². The molecule has 0 atom stereocenters. The number of hydrogen-bond acceptors (Lipinski definition) is 3. The average molecular weight is 276 g/mol. The van der Waals surface area contributed by atoms with E-state index in [0.717, 1.165) is 6.42 Å². The number of carbonyl (C=O) groups is 2. The van der Waals surface area contributed by atoms with Crippen molar-refractivity contribution in [1.29, 1.82) is 0 Å². The zero-order chi connectivity index (χ0) is 14.4. The molecule has 2 rings (SSSR count). The minimum atomic E-state index is -0.911. The van der Waals surface area contributed by atoms with Crippen LogP contribution in [0.1, 0.15) is 44.2 Å². The van der Waals surface area contributed by atoms with Gasteiger partial charge in [0.15, 0.2) is 0 Å². The van der Waals surface area contributed by atoms with Crippen LogP contribution in [-0.2, 0) is 16.0 Å². The van der Waals surface area contributed by atoms with Crippen LogP contribution in [0.25, 0.3) is 0 Å². The third-order valence-corrected chi connectivity index (χ3v) is 3.70. The molecule has 1 saturated carbocycles. The molecule has 0 aliphatic heterocycles. The summed E-state index contributed by atoms with van der Waals surface area (Å²) in [6, 6.07) is 3.32. The molecule has 1 aromatic heterocycles. The lowest BCUT2D eigenvalue weighted by Gasteiger charge is -2.09. The first kappa shape index (κ1) is 14.5. The number of carboxylic acid groups (broad SMARTS) is 1. The van der Waals surface area contributed by atoms with Gasteiger partial charge in [-0.05, 0) is 24.5 Å². The van der Waals surface area contributed by atoms with Crippen molar-refractivity contribution in [3.8, 4) is 0 Å². The molecule has 0 bridgehead atoms. The molecule has 20 heavy (non-hydrogen) atoms. The fourth-order valence-electron chi connectivity index (χ4n) is 2.62. The molecule has 0 spiro atoms. The summed E-state index contributed by atoms with van der Waals surface area (Å²) in [5, 5.41) is 11.4. The van der Waals surface area contributed by atoms with Gasteiger partial charge in [-0.15, -0.1) is 0 Å². The van der Waals surface area contributed by atoms with Gasteiger partial charge in [0, 0.05) is 6.42 Å². The van der Waals surface area contributed by atoms with Crippen molar-refractivity contribution in [2.45, 2.75) is 44.9 Å². The number of amides is 1. The third kappa shape index (κ3) is 4.64. The number of aromatic nitrogens is 1. The number of hydrogen-bond donors (Lipinski definition) is 2. The molecule has 1 amide bonds. The Bertz CT molecular complexity index is 465. The predicted molar refractivity (Wildman–Crippen MR) is 75.4 cm³/mol. The minimum absolute atomic E-state index is 0.00434. The van der Waals surface area contributed by atoms with Gasteiger partial charge in [0.25, 0.3) is 0 Å². The van der Waals surface area contributed by atoms with Crippen molar-refractivity contribution in [3.05, 3.63) is 24.0 Å². The lowest BCUT2D eigenvalue weighted by molar-refractivity contribution is -0.136. The van der Waals surface area contributed by atoms with Gasteiger partial charge in [0.1, 0.15) is 0 Å². The topological polar surface area (TPSA) is 79.3 Å². The number of aliphatic carboxylic acids is 1. The van der Waals surface area contributed by atoms with E-state index in [1.807, 2.05) is 0 Å². The van der Waals surface area contributed by atoms with Crippen LogP contribution in [0.15, 0.2) is 18.3 Å². The first-order valence-electron chi connectivity index (χ1n) is 7.10. The Kier molecular flexibility index (Phi) is 5.09. The molecule has 1 aliphatic carbocycles. The fourth-order valence-corrected chi connectivity index (χ4v) is 2.62. The Morgan fingerprint density at radius 1 is 1.30 bits per heavy atom. The smallest absolute Gasteiger partial charge is 0.309 e. The SMILES string of the molecule is O=C(O)Cc1ccc(NC(=O)CCC2CCCC2)cn1. The molecular formula is C15H20N2O3. The van der Waals surface area contributed by atoms with Crippen LogP contribution in [0.2, 0.25) is 0 Å². The first-order chi connectivity index (χ1) is 9.63. The number of carboxylic acids is 1. The Balaban J connectivity index is 1.76. The quantitative estimate of drug-likeness (QED) is 0.837. The van der Waals surface area contributed by atoms with Crippen LogP contribution in [-0.4, -0.2) is 22.0 Å². The lowest BCUT2D eigenvalue weighted by atomic mass is 10.0. The molecule has 0 unspecified atom stereocenters. The van der Waals surface area contributed by atoms with Gasteiger partial charge < -0.3 is 10.4 Å². The summed E-state index contributed by atoms with van der Waals surface area (Å²) < 4.78 is 0. The molecule has 5 nitrogen and oxygen atoms in total. The number of pyridine rings is 1. The Hall–Kier alpha value is -1.91. The van der Waals surface area contributed by atoms with Gasteiger partial charge in [-0.1, -0.05) is 25.7 Å². The highest BCUT2D eigenvalue weighted by Gasteiger charge is 2.16. The van der Waals surface area contributed by atoms with Gasteiger partial charge in [-0.25, -0.2) is 0 Å². The van der Waals surface area contributed by atoms with Gasteiger partial charge in [0.05, 0.1) is 24.0 Å². The van der Waals surface area contributed by atoms with E-state index in [4.69, 9.17) is 5.11 Å². The van der Waals surface area contributed by atoms with Crippen molar-refractivity contribution in [1.82, 2.24) is 4.98 Å². The maximum atomic E-state index is 11.8. The summed E-state index contributed by atoms with van der Waals surface area (Å²) in [7, 11) is 0. The lowest BCUT2D eigenvalue weighted by Crippen LogP contribution is -2.13. The third-order valence-electron chi connectivity index (χ3n) is 3.70. The fraction of sp³-hybridized carbons (Fsp3) is 0.533. The normalized spacial score (nSPS) is 15.2. The van der Waals surface area contributed by atoms with Gasteiger partial charge in [-0.2, -0.15) is 0 Å². The molecular weight excluding hydrogens is 256 g/mol. The molecule has 0 saturated heterocycles. The molecule has 2 N–H and O–H groups in total. The van der Waals surface area contributed by atoms with E-state index >= 15 is 0 Å². The monoisotopic (exact) mass is 276 g/mol. The van der Waals surface area contributed by atoms with E-state index in [2.05, 4.69) is 10.3 Å². The maximum Gasteiger partial charge on any atom is 0.309 e. The number of rotatable bonds is 6. The van der Waals surface area contributed by atoms with E-state index in [0.29, 0.717) is 23.7 Å². The van der Waals surface area contributed by atoms with Crippen molar-refractivity contribution in [2.24, 2.45) is 5.92 Å². The summed E-state index contributed by atoms with van der Waals surface area (Å²) >= 11 is 0. The zero-order valence-corrected chi connectivity index (χ0v) is 11.5. The molecule has 1 aromatic rings. The number of carbonyl (C=O) groups excluding carboxylic acids is 1. The Morgan fingerprint density at radius 2 is 2.05 bits per heavy atom. The summed E-state index contributed by atoms with van der Waals surface area (Å²) in [6.07, 6.45) is 7.99. The van der Waals surface area contributed by atoms with Crippen molar-refractivity contribution in [2.75, 3.05) is 5.32 Å². The highest BCUT2D eigenvalue weighted by Crippen LogP contribution is 2.28.